The van der Waals surface area contributed by atoms with Gasteiger partial charge in [-0.1, -0.05) is 12.1 Å². The van der Waals surface area contributed by atoms with Crippen molar-refractivity contribution < 1.29 is 24.4 Å². The molecule has 1 aliphatic rings. The molecule has 0 aromatic heterocycles. The zero-order chi connectivity index (χ0) is 16.1. The molecule has 1 aromatic carbocycles. The van der Waals surface area contributed by atoms with Crippen LogP contribution in [-0.2, 0) is 20.7 Å². The summed E-state index contributed by atoms with van der Waals surface area (Å²) in [6.07, 6.45) is -0.446. The molecule has 1 heterocycles. The molecular formula is C14H16N2O6. The molecule has 8 nitrogen and oxygen atoms in total. The number of carboxylic acids is 1. The van der Waals surface area contributed by atoms with Crippen LogP contribution in [0.15, 0.2) is 24.3 Å². The second kappa shape index (κ2) is 6.99. The fourth-order valence-electron chi connectivity index (χ4n) is 2.26. The van der Waals surface area contributed by atoms with Crippen LogP contribution in [0.5, 0.6) is 0 Å². The van der Waals surface area contributed by atoms with Crippen LogP contribution in [0, 0.1) is 10.1 Å². The van der Waals surface area contributed by atoms with Gasteiger partial charge in [0, 0.05) is 25.1 Å². The van der Waals surface area contributed by atoms with Crippen molar-refractivity contribution in [2.24, 2.45) is 0 Å². The number of hydrogen-bond donors (Lipinski definition) is 1. The Morgan fingerprint density at radius 2 is 2.23 bits per heavy atom. The van der Waals surface area contributed by atoms with E-state index in [4.69, 9.17) is 9.84 Å². The Balaban J connectivity index is 1.91. The molecule has 1 aromatic rings. The number of hydrogen-bond acceptors (Lipinski definition) is 5. The van der Waals surface area contributed by atoms with Crippen LogP contribution in [0.2, 0.25) is 0 Å². The number of carbonyl (C=O) groups excluding carboxylic acids is 1. The molecule has 1 atom stereocenters. The monoisotopic (exact) mass is 308 g/mol. The molecule has 0 aliphatic carbocycles. The highest BCUT2D eigenvalue weighted by molar-refractivity contribution is 5.78. The van der Waals surface area contributed by atoms with Gasteiger partial charge >= 0.3 is 5.97 Å². The van der Waals surface area contributed by atoms with Crippen LogP contribution >= 0.6 is 0 Å². The lowest BCUT2D eigenvalue weighted by molar-refractivity contribution is -0.384. The number of amides is 1. The lowest BCUT2D eigenvalue weighted by Gasteiger charge is -2.30. The first kappa shape index (κ1) is 15.9. The number of morpholine rings is 1. The Bertz CT molecular complexity index is 588. The van der Waals surface area contributed by atoms with Crippen LogP contribution < -0.4 is 0 Å². The average molecular weight is 308 g/mol. The zero-order valence-electron chi connectivity index (χ0n) is 11.8. The number of ether oxygens (including phenoxy) is 1. The molecule has 1 fully saturated rings. The standard InChI is InChI=1S/C14H16N2O6/c17-13(15-6-7-22-12(9-15)14(18)19)5-4-10-2-1-3-11(8-10)16(20)21/h1-3,8,12H,4-7,9H2,(H,18,19). The zero-order valence-corrected chi connectivity index (χ0v) is 11.8. The first-order valence-corrected chi connectivity index (χ1v) is 6.83. The normalized spacial score (nSPS) is 18.0. The first-order valence-electron chi connectivity index (χ1n) is 6.83. The van der Waals surface area contributed by atoms with Crippen LogP contribution in [0.25, 0.3) is 0 Å². The molecular weight excluding hydrogens is 292 g/mol. The van der Waals surface area contributed by atoms with E-state index in [1.807, 2.05) is 0 Å². The minimum absolute atomic E-state index is 0.0118. The van der Waals surface area contributed by atoms with E-state index in [0.717, 1.165) is 0 Å². The molecule has 0 saturated carbocycles. The Hall–Kier alpha value is -2.48. The molecule has 1 amide bonds. The largest absolute Gasteiger partial charge is 0.479 e. The van der Waals surface area contributed by atoms with Gasteiger partial charge < -0.3 is 14.7 Å². The highest BCUT2D eigenvalue weighted by Gasteiger charge is 2.28. The number of rotatable bonds is 5. The van der Waals surface area contributed by atoms with E-state index in [-0.39, 0.29) is 31.2 Å². The van der Waals surface area contributed by atoms with Crippen molar-refractivity contribution in [2.45, 2.75) is 18.9 Å². The summed E-state index contributed by atoms with van der Waals surface area (Å²) in [5, 5.41) is 19.6. The second-order valence-corrected chi connectivity index (χ2v) is 4.96. The Kier molecular flexibility index (Phi) is 5.05. The summed E-state index contributed by atoms with van der Waals surface area (Å²) in [6, 6.07) is 6.13. The Morgan fingerprint density at radius 1 is 1.45 bits per heavy atom. The number of carboxylic acid groups (broad SMARTS) is 1. The van der Waals surface area contributed by atoms with Crippen molar-refractivity contribution in [2.75, 3.05) is 19.7 Å². The summed E-state index contributed by atoms with van der Waals surface area (Å²) in [4.78, 5) is 34.7. The maximum absolute atomic E-state index is 12.1. The molecule has 0 bridgehead atoms. The van der Waals surface area contributed by atoms with Crippen LogP contribution in [0.4, 0.5) is 5.69 Å². The summed E-state index contributed by atoms with van der Waals surface area (Å²) < 4.78 is 5.06. The summed E-state index contributed by atoms with van der Waals surface area (Å²) in [5.41, 5.74) is 0.688. The SMILES string of the molecule is O=C(O)C1CN(C(=O)CCc2cccc([N+](=O)[O-])c2)CCO1. The molecule has 1 N–H and O–H groups in total. The topological polar surface area (TPSA) is 110 Å². The van der Waals surface area contributed by atoms with Crippen molar-refractivity contribution in [3.05, 3.63) is 39.9 Å². The molecule has 118 valence electrons. The molecule has 2 rings (SSSR count). The highest BCUT2D eigenvalue weighted by Crippen LogP contribution is 2.15. The summed E-state index contributed by atoms with van der Waals surface area (Å²) in [6.45, 7) is 0.584. The third kappa shape index (κ3) is 4.01. The quantitative estimate of drug-likeness (QED) is 0.637. The van der Waals surface area contributed by atoms with Gasteiger partial charge in [-0.3, -0.25) is 14.9 Å². The summed E-state index contributed by atoms with van der Waals surface area (Å²) >= 11 is 0. The van der Waals surface area contributed by atoms with Gasteiger partial charge in [-0.25, -0.2) is 4.79 Å². The molecule has 1 saturated heterocycles. The van der Waals surface area contributed by atoms with Crippen LogP contribution in [-0.4, -0.2) is 52.6 Å². The fraction of sp³-hybridized carbons (Fsp3) is 0.429. The van der Waals surface area contributed by atoms with E-state index in [9.17, 15) is 19.7 Å². The number of carbonyl (C=O) groups is 2. The maximum atomic E-state index is 12.1. The average Bonchev–Trinajstić information content (AvgIpc) is 2.53. The molecule has 0 spiro atoms. The lowest BCUT2D eigenvalue weighted by Crippen LogP contribution is -2.48. The van der Waals surface area contributed by atoms with Crippen molar-refractivity contribution in [1.82, 2.24) is 4.90 Å². The summed E-state index contributed by atoms with van der Waals surface area (Å²) in [7, 11) is 0. The van der Waals surface area contributed by atoms with E-state index >= 15 is 0 Å². The lowest BCUT2D eigenvalue weighted by atomic mass is 10.1. The number of nitrogens with zero attached hydrogens (tertiary/aromatic N) is 2. The smallest absolute Gasteiger partial charge is 0.334 e. The minimum Gasteiger partial charge on any atom is -0.479 e. The molecule has 0 radical (unpaired) electrons. The highest BCUT2D eigenvalue weighted by atomic mass is 16.6. The fourth-order valence-corrected chi connectivity index (χ4v) is 2.26. The van der Waals surface area contributed by atoms with Gasteiger partial charge in [-0.2, -0.15) is 0 Å². The molecule has 1 unspecified atom stereocenters. The number of nitro benzene ring substituents is 1. The number of aryl methyl sites for hydroxylation is 1. The van der Waals surface area contributed by atoms with E-state index in [0.29, 0.717) is 18.5 Å². The van der Waals surface area contributed by atoms with Crippen molar-refractivity contribution in [3.8, 4) is 0 Å². The predicted octanol–water partition coefficient (Wildman–Crippen LogP) is 0.839. The predicted molar refractivity (Wildman–Crippen MR) is 75.4 cm³/mol. The van der Waals surface area contributed by atoms with Gasteiger partial charge in [0.2, 0.25) is 5.91 Å². The third-order valence-corrected chi connectivity index (χ3v) is 3.44. The van der Waals surface area contributed by atoms with Gasteiger partial charge in [0.05, 0.1) is 18.1 Å². The summed E-state index contributed by atoms with van der Waals surface area (Å²) in [5.74, 6) is -1.27. The molecule has 1 aliphatic heterocycles. The van der Waals surface area contributed by atoms with Crippen LogP contribution in [0.3, 0.4) is 0 Å². The molecule has 8 heteroatoms. The van der Waals surface area contributed by atoms with Crippen molar-refractivity contribution >= 4 is 17.6 Å². The van der Waals surface area contributed by atoms with Gasteiger partial charge in [0.15, 0.2) is 6.10 Å². The van der Waals surface area contributed by atoms with E-state index in [2.05, 4.69) is 0 Å². The van der Waals surface area contributed by atoms with Crippen LogP contribution in [0.1, 0.15) is 12.0 Å². The van der Waals surface area contributed by atoms with Gasteiger partial charge in [-0.05, 0) is 12.0 Å². The number of benzene rings is 1. The number of nitro groups is 1. The Morgan fingerprint density at radius 3 is 2.91 bits per heavy atom. The maximum Gasteiger partial charge on any atom is 0.334 e. The number of aliphatic carboxylic acids is 1. The van der Waals surface area contributed by atoms with Gasteiger partial charge in [0.1, 0.15) is 0 Å². The molecule has 22 heavy (non-hydrogen) atoms. The van der Waals surface area contributed by atoms with E-state index < -0.39 is 17.0 Å². The first-order chi connectivity index (χ1) is 10.5. The second-order valence-electron chi connectivity index (χ2n) is 4.96. The van der Waals surface area contributed by atoms with E-state index in [1.165, 1.54) is 17.0 Å². The minimum atomic E-state index is -1.09. The van der Waals surface area contributed by atoms with Gasteiger partial charge in [0.25, 0.3) is 5.69 Å². The van der Waals surface area contributed by atoms with Gasteiger partial charge in [-0.15, -0.1) is 0 Å². The van der Waals surface area contributed by atoms with Crippen molar-refractivity contribution in [1.29, 1.82) is 0 Å². The number of non-ortho nitro benzene ring substituents is 1. The van der Waals surface area contributed by atoms with E-state index in [1.54, 1.807) is 12.1 Å². The van der Waals surface area contributed by atoms with Crippen molar-refractivity contribution in [3.63, 3.8) is 0 Å². The Labute approximate surface area is 126 Å². The third-order valence-electron chi connectivity index (χ3n) is 3.44.